The Hall–Kier alpha value is -1.69. The second-order valence-electron chi connectivity index (χ2n) is 3.57. The minimum Gasteiger partial charge on any atom is -0.368 e. The van der Waals surface area contributed by atoms with Crippen molar-refractivity contribution >= 4 is 33.4 Å². The molecule has 0 atom stereocenters. The highest BCUT2D eigenvalue weighted by Crippen LogP contribution is 2.23. The van der Waals surface area contributed by atoms with E-state index < -0.39 is 5.82 Å². The zero-order valence-electron chi connectivity index (χ0n) is 9.04. The molecule has 2 aromatic rings. The van der Waals surface area contributed by atoms with Crippen LogP contribution in [0.2, 0.25) is 0 Å². The molecule has 1 heterocycles. The fourth-order valence-corrected chi connectivity index (χ4v) is 2.02. The number of nitrogens with one attached hydrogen (secondary N) is 1. The van der Waals surface area contributed by atoms with E-state index in [1.807, 2.05) is 25.1 Å². The topological polar surface area (TPSA) is 63.8 Å². The van der Waals surface area contributed by atoms with E-state index in [1.165, 1.54) is 0 Å². The average molecular weight is 297 g/mol. The number of nitrogen functional groups attached to an aromatic ring is 1. The lowest BCUT2D eigenvalue weighted by molar-refractivity contribution is 0.620. The second kappa shape index (κ2) is 4.67. The Kier molecular flexibility index (Phi) is 3.23. The van der Waals surface area contributed by atoms with Gasteiger partial charge in [0.2, 0.25) is 5.95 Å². The van der Waals surface area contributed by atoms with E-state index in [2.05, 4.69) is 31.2 Å². The van der Waals surface area contributed by atoms with E-state index in [0.29, 0.717) is 0 Å². The van der Waals surface area contributed by atoms with Gasteiger partial charge in [0.15, 0.2) is 11.6 Å². The zero-order valence-corrected chi connectivity index (χ0v) is 10.6. The third-order valence-electron chi connectivity index (χ3n) is 2.07. The number of anilines is 3. The maximum absolute atomic E-state index is 13.4. The summed E-state index contributed by atoms with van der Waals surface area (Å²) in [5, 5.41) is 2.86. The van der Waals surface area contributed by atoms with Gasteiger partial charge in [-0.05, 0) is 30.7 Å². The average Bonchev–Trinajstić information content (AvgIpc) is 2.22. The molecule has 0 aliphatic carbocycles. The largest absolute Gasteiger partial charge is 0.368 e. The van der Waals surface area contributed by atoms with Gasteiger partial charge in [-0.15, -0.1) is 0 Å². The van der Waals surface area contributed by atoms with Crippen molar-refractivity contribution in [2.75, 3.05) is 11.1 Å². The van der Waals surface area contributed by atoms with Gasteiger partial charge in [0.25, 0.3) is 0 Å². The van der Waals surface area contributed by atoms with Gasteiger partial charge in [-0.2, -0.15) is 4.98 Å². The van der Waals surface area contributed by atoms with E-state index in [9.17, 15) is 4.39 Å². The molecule has 1 aromatic heterocycles. The molecule has 0 bridgehead atoms. The van der Waals surface area contributed by atoms with Crippen molar-refractivity contribution in [2.45, 2.75) is 6.92 Å². The van der Waals surface area contributed by atoms with E-state index >= 15 is 0 Å². The zero-order chi connectivity index (χ0) is 12.4. The first-order valence-electron chi connectivity index (χ1n) is 4.87. The van der Waals surface area contributed by atoms with Gasteiger partial charge in [-0.25, -0.2) is 9.37 Å². The maximum atomic E-state index is 13.4. The normalized spacial score (nSPS) is 10.3. The standard InChI is InChI=1S/C11H10BrFN4/c1-6-2-7(12)4-8(3-6)16-10-9(13)5-15-11(14)17-10/h2-5H,1H3,(H3,14,15,16,17). The number of benzene rings is 1. The summed E-state index contributed by atoms with van der Waals surface area (Å²) in [7, 11) is 0. The van der Waals surface area contributed by atoms with Crippen LogP contribution in [0.25, 0.3) is 0 Å². The van der Waals surface area contributed by atoms with Crippen LogP contribution in [0, 0.1) is 12.7 Å². The lowest BCUT2D eigenvalue weighted by atomic mass is 10.2. The van der Waals surface area contributed by atoms with Crippen molar-refractivity contribution in [2.24, 2.45) is 0 Å². The fraction of sp³-hybridized carbons (Fsp3) is 0.0909. The molecule has 0 spiro atoms. The lowest BCUT2D eigenvalue weighted by Crippen LogP contribution is -2.02. The summed E-state index contributed by atoms with van der Waals surface area (Å²) in [4.78, 5) is 7.35. The van der Waals surface area contributed by atoms with E-state index in [4.69, 9.17) is 5.73 Å². The van der Waals surface area contributed by atoms with Crippen molar-refractivity contribution in [3.05, 3.63) is 40.2 Å². The van der Waals surface area contributed by atoms with Gasteiger partial charge < -0.3 is 11.1 Å². The van der Waals surface area contributed by atoms with Gasteiger partial charge in [0.1, 0.15) is 0 Å². The molecule has 0 radical (unpaired) electrons. The van der Waals surface area contributed by atoms with Crippen LogP contribution < -0.4 is 11.1 Å². The predicted molar refractivity (Wildman–Crippen MR) is 68.6 cm³/mol. The van der Waals surface area contributed by atoms with Crippen LogP contribution in [-0.2, 0) is 0 Å². The van der Waals surface area contributed by atoms with Gasteiger partial charge >= 0.3 is 0 Å². The van der Waals surface area contributed by atoms with E-state index in [1.54, 1.807) is 0 Å². The number of aryl methyl sites for hydroxylation is 1. The number of aromatic nitrogens is 2. The molecule has 3 N–H and O–H groups in total. The van der Waals surface area contributed by atoms with Crippen LogP contribution in [0.15, 0.2) is 28.9 Å². The van der Waals surface area contributed by atoms with Gasteiger partial charge in [-0.1, -0.05) is 15.9 Å². The maximum Gasteiger partial charge on any atom is 0.222 e. The molecule has 0 aliphatic heterocycles. The van der Waals surface area contributed by atoms with Crippen LogP contribution in [0.5, 0.6) is 0 Å². The number of hydrogen-bond acceptors (Lipinski definition) is 4. The molecule has 0 amide bonds. The quantitative estimate of drug-likeness (QED) is 0.894. The molecule has 2 rings (SSSR count). The fourth-order valence-electron chi connectivity index (χ4n) is 1.41. The van der Waals surface area contributed by atoms with Crippen LogP contribution in [0.1, 0.15) is 5.56 Å². The summed E-state index contributed by atoms with van der Waals surface area (Å²) >= 11 is 3.37. The molecule has 88 valence electrons. The third-order valence-corrected chi connectivity index (χ3v) is 2.53. The highest BCUT2D eigenvalue weighted by Gasteiger charge is 2.06. The Morgan fingerprint density at radius 2 is 2.12 bits per heavy atom. The predicted octanol–water partition coefficient (Wildman–Crippen LogP) is 3.01. The first kappa shape index (κ1) is 11.8. The minimum atomic E-state index is -0.545. The number of nitrogens with zero attached hydrogens (tertiary/aromatic N) is 2. The first-order valence-corrected chi connectivity index (χ1v) is 5.66. The molecule has 4 nitrogen and oxygen atoms in total. The highest BCUT2D eigenvalue weighted by atomic mass is 79.9. The summed E-state index contributed by atoms with van der Waals surface area (Å²) in [6.07, 6.45) is 1.04. The SMILES string of the molecule is Cc1cc(Br)cc(Nc2nc(N)ncc2F)c1. The Bertz CT molecular complexity index is 539. The molecule has 0 fully saturated rings. The summed E-state index contributed by atoms with van der Waals surface area (Å²) < 4.78 is 14.3. The number of nitrogens with two attached hydrogens (primary N) is 1. The lowest BCUT2D eigenvalue weighted by Gasteiger charge is -2.08. The Labute approximate surface area is 106 Å². The van der Waals surface area contributed by atoms with Crippen molar-refractivity contribution in [3.8, 4) is 0 Å². The third kappa shape index (κ3) is 2.91. The minimum absolute atomic E-state index is 0.0284. The Balaban J connectivity index is 2.34. The van der Waals surface area contributed by atoms with E-state index in [-0.39, 0.29) is 11.8 Å². The monoisotopic (exact) mass is 296 g/mol. The molecule has 17 heavy (non-hydrogen) atoms. The number of hydrogen-bond donors (Lipinski definition) is 2. The summed E-state index contributed by atoms with van der Waals surface area (Å²) in [5.41, 5.74) is 7.18. The van der Waals surface area contributed by atoms with Crippen LogP contribution in [-0.4, -0.2) is 9.97 Å². The van der Waals surface area contributed by atoms with Crippen LogP contribution >= 0.6 is 15.9 Å². The summed E-state index contributed by atoms with van der Waals surface area (Å²) in [6, 6.07) is 5.66. The highest BCUT2D eigenvalue weighted by molar-refractivity contribution is 9.10. The molecule has 0 unspecified atom stereocenters. The van der Waals surface area contributed by atoms with Crippen LogP contribution in [0.3, 0.4) is 0 Å². The molecular formula is C11H10BrFN4. The second-order valence-corrected chi connectivity index (χ2v) is 4.48. The summed E-state index contributed by atoms with van der Waals surface area (Å²) in [6.45, 7) is 1.95. The molecule has 0 saturated heterocycles. The van der Waals surface area contributed by atoms with Crippen molar-refractivity contribution in [1.29, 1.82) is 0 Å². The van der Waals surface area contributed by atoms with Crippen LogP contribution in [0.4, 0.5) is 21.8 Å². The van der Waals surface area contributed by atoms with E-state index in [0.717, 1.165) is 21.9 Å². The number of halogens is 2. The Morgan fingerprint density at radius 1 is 1.35 bits per heavy atom. The van der Waals surface area contributed by atoms with Crippen molar-refractivity contribution in [1.82, 2.24) is 9.97 Å². The number of rotatable bonds is 2. The Morgan fingerprint density at radius 3 is 2.82 bits per heavy atom. The molecule has 1 aromatic carbocycles. The van der Waals surface area contributed by atoms with Gasteiger partial charge in [-0.3, -0.25) is 0 Å². The molecule has 0 aliphatic rings. The van der Waals surface area contributed by atoms with Gasteiger partial charge in [0, 0.05) is 10.2 Å². The van der Waals surface area contributed by atoms with Crippen molar-refractivity contribution in [3.63, 3.8) is 0 Å². The molecule has 0 saturated carbocycles. The molecule has 6 heteroatoms. The smallest absolute Gasteiger partial charge is 0.222 e. The van der Waals surface area contributed by atoms with Gasteiger partial charge in [0.05, 0.1) is 6.20 Å². The van der Waals surface area contributed by atoms with Crippen molar-refractivity contribution < 1.29 is 4.39 Å². The summed E-state index contributed by atoms with van der Waals surface area (Å²) in [5.74, 6) is -0.451. The first-order chi connectivity index (χ1) is 8.04. The molecular weight excluding hydrogens is 287 g/mol.